The normalized spacial score (nSPS) is 42.6. The van der Waals surface area contributed by atoms with Crippen LogP contribution in [0.25, 0.3) is 0 Å². The lowest BCUT2D eigenvalue weighted by atomic mass is 9.82. The van der Waals surface area contributed by atoms with E-state index in [4.69, 9.17) is 44.3 Å². The summed E-state index contributed by atoms with van der Waals surface area (Å²) in [6.45, 7) is 0. The average molecular weight is 276 g/mol. The lowest BCUT2D eigenvalue weighted by molar-refractivity contribution is -0.137. The second-order valence-electron chi connectivity index (χ2n) is 3.56. The summed E-state index contributed by atoms with van der Waals surface area (Å²) >= 11 is 0. The zero-order valence-corrected chi connectivity index (χ0v) is 9.34. The summed E-state index contributed by atoms with van der Waals surface area (Å²) in [7, 11) is -4.67. The van der Waals surface area contributed by atoms with Gasteiger partial charge >= 0.3 is 10.4 Å². The van der Waals surface area contributed by atoms with Crippen LogP contribution < -0.4 is 11.5 Å². The molecule has 0 aromatic heterocycles. The van der Waals surface area contributed by atoms with Gasteiger partial charge in [-0.05, 0) is 0 Å². The topological polar surface area (TPSA) is 208 Å². The molecular formula is C6H16N2O8S. The maximum absolute atomic E-state index is 9.22. The summed E-state index contributed by atoms with van der Waals surface area (Å²) in [6.07, 6.45) is -5.26. The smallest absolute Gasteiger partial charge is 0.390 e. The second-order valence-corrected chi connectivity index (χ2v) is 4.46. The van der Waals surface area contributed by atoms with Crippen LogP contribution in [0.5, 0.6) is 0 Å². The largest absolute Gasteiger partial charge is 0.394 e. The third-order valence-electron chi connectivity index (χ3n) is 2.28. The minimum atomic E-state index is -4.67. The van der Waals surface area contributed by atoms with Crippen molar-refractivity contribution in [2.24, 2.45) is 11.5 Å². The molecule has 10 nitrogen and oxygen atoms in total. The van der Waals surface area contributed by atoms with Gasteiger partial charge in [0.15, 0.2) is 0 Å². The van der Waals surface area contributed by atoms with Crippen molar-refractivity contribution < 1.29 is 37.9 Å². The van der Waals surface area contributed by atoms with E-state index in [1.54, 1.807) is 0 Å². The Labute approximate surface area is 97.1 Å². The van der Waals surface area contributed by atoms with Crippen LogP contribution in [0.1, 0.15) is 0 Å². The molecular weight excluding hydrogens is 260 g/mol. The Balaban J connectivity index is 0.000000437. The molecule has 4 unspecified atom stereocenters. The predicted molar refractivity (Wildman–Crippen MR) is 54.2 cm³/mol. The van der Waals surface area contributed by atoms with Gasteiger partial charge in [-0.2, -0.15) is 8.42 Å². The zero-order valence-electron chi connectivity index (χ0n) is 8.53. The number of aliphatic hydroxyl groups excluding tert-OH is 4. The predicted octanol–water partition coefficient (Wildman–Crippen LogP) is -4.55. The highest BCUT2D eigenvalue weighted by atomic mass is 32.3. The Bertz CT molecular complexity index is 268. The molecule has 0 bridgehead atoms. The van der Waals surface area contributed by atoms with Crippen LogP contribution in [0.2, 0.25) is 0 Å². The quantitative estimate of drug-likeness (QED) is 0.198. The molecule has 0 heterocycles. The highest BCUT2D eigenvalue weighted by Crippen LogP contribution is 2.18. The Morgan fingerprint density at radius 3 is 1.18 bits per heavy atom. The van der Waals surface area contributed by atoms with E-state index in [2.05, 4.69) is 0 Å². The van der Waals surface area contributed by atoms with Crippen molar-refractivity contribution >= 4 is 10.4 Å². The van der Waals surface area contributed by atoms with Gasteiger partial charge in [0.05, 0.1) is 18.2 Å². The summed E-state index contributed by atoms with van der Waals surface area (Å²) in [5, 5.41) is 36.7. The summed E-state index contributed by atoms with van der Waals surface area (Å²) in [6, 6.07) is -2.03. The molecule has 1 saturated carbocycles. The molecule has 17 heavy (non-hydrogen) atoms. The van der Waals surface area contributed by atoms with E-state index in [-0.39, 0.29) is 0 Å². The average Bonchev–Trinajstić information content (AvgIpc) is 2.18. The van der Waals surface area contributed by atoms with Gasteiger partial charge in [0.25, 0.3) is 0 Å². The zero-order chi connectivity index (χ0) is 14.0. The van der Waals surface area contributed by atoms with Crippen LogP contribution in [-0.2, 0) is 10.4 Å². The summed E-state index contributed by atoms with van der Waals surface area (Å²) in [4.78, 5) is 0. The Kier molecular flexibility index (Phi) is 5.86. The lowest BCUT2D eigenvalue weighted by Gasteiger charge is -2.40. The summed E-state index contributed by atoms with van der Waals surface area (Å²) in [5.74, 6) is 0. The number of hydrogen-bond donors (Lipinski definition) is 8. The van der Waals surface area contributed by atoms with E-state index in [0.29, 0.717) is 0 Å². The number of hydrogen-bond acceptors (Lipinski definition) is 8. The number of aliphatic hydroxyl groups is 4. The molecule has 11 heteroatoms. The standard InChI is InChI=1S/C6H14N2O4.H2O4S/c7-1-3(9)2(8)5(11)6(12)4(1)10;1-5(2,3)4/h1-6,9-12H,7-8H2;(H2,1,2,3,4). The van der Waals surface area contributed by atoms with Crippen LogP contribution in [0.15, 0.2) is 0 Å². The summed E-state index contributed by atoms with van der Waals surface area (Å²) in [5.41, 5.74) is 10.6. The molecule has 0 aliphatic heterocycles. The Morgan fingerprint density at radius 1 is 0.706 bits per heavy atom. The Morgan fingerprint density at radius 2 is 0.941 bits per heavy atom. The number of rotatable bonds is 0. The monoisotopic (exact) mass is 276 g/mol. The van der Waals surface area contributed by atoms with E-state index < -0.39 is 46.9 Å². The van der Waals surface area contributed by atoms with Gasteiger partial charge in [-0.3, -0.25) is 9.11 Å². The second kappa shape index (κ2) is 5.99. The van der Waals surface area contributed by atoms with Crippen LogP contribution in [0.4, 0.5) is 0 Å². The van der Waals surface area contributed by atoms with Crippen molar-refractivity contribution in [1.29, 1.82) is 0 Å². The van der Waals surface area contributed by atoms with Crippen LogP contribution in [0, 0.1) is 0 Å². The van der Waals surface area contributed by atoms with Crippen LogP contribution >= 0.6 is 0 Å². The minimum absolute atomic E-state index is 1.02. The first-order chi connectivity index (χ1) is 7.46. The third-order valence-corrected chi connectivity index (χ3v) is 2.28. The van der Waals surface area contributed by atoms with Crippen molar-refractivity contribution in [2.75, 3.05) is 0 Å². The molecule has 0 aromatic rings. The van der Waals surface area contributed by atoms with Crippen molar-refractivity contribution in [3.63, 3.8) is 0 Å². The third kappa shape index (κ3) is 5.20. The molecule has 1 rings (SSSR count). The summed E-state index contributed by atoms with van der Waals surface area (Å²) < 4.78 is 31.6. The molecule has 1 aliphatic carbocycles. The van der Waals surface area contributed by atoms with Crippen LogP contribution in [0.3, 0.4) is 0 Å². The van der Waals surface area contributed by atoms with Gasteiger partial charge in [0.2, 0.25) is 0 Å². The van der Waals surface area contributed by atoms with Crippen molar-refractivity contribution in [1.82, 2.24) is 0 Å². The highest BCUT2D eigenvalue weighted by molar-refractivity contribution is 7.79. The van der Waals surface area contributed by atoms with Gasteiger partial charge in [0.1, 0.15) is 18.3 Å². The van der Waals surface area contributed by atoms with Gasteiger partial charge in [-0.25, -0.2) is 0 Å². The maximum atomic E-state index is 9.22. The van der Waals surface area contributed by atoms with E-state index in [1.165, 1.54) is 0 Å². The molecule has 0 spiro atoms. The SMILES string of the molecule is NC1C(O)C(N)C(O)C(O)C1O.O=S(=O)(O)O. The Hall–Kier alpha value is -0.370. The van der Waals surface area contributed by atoms with Gasteiger partial charge in [-0.1, -0.05) is 0 Å². The van der Waals surface area contributed by atoms with Gasteiger partial charge < -0.3 is 31.9 Å². The number of nitrogens with two attached hydrogens (primary N) is 2. The fourth-order valence-electron chi connectivity index (χ4n) is 1.32. The van der Waals surface area contributed by atoms with E-state index in [1.807, 2.05) is 0 Å². The van der Waals surface area contributed by atoms with Crippen molar-refractivity contribution in [2.45, 2.75) is 36.5 Å². The molecule has 10 N–H and O–H groups in total. The minimum Gasteiger partial charge on any atom is -0.390 e. The first kappa shape index (κ1) is 16.6. The van der Waals surface area contributed by atoms with Gasteiger partial charge in [0, 0.05) is 0 Å². The lowest BCUT2D eigenvalue weighted by Crippen LogP contribution is -2.69. The molecule has 1 fully saturated rings. The first-order valence-electron chi connectivity index (χ1n) is 4.40. The molecule has 4 atom stereocenters. The van der Waals surface area contributed by atoms with Crippen molar-refractivity contribution in [3.05, 3.63) is 0 Å². The molecule has 0 aromatic carbocycles. The van der Waals surface area contributed by atoms with E-state index in [0.717, 1.165) is 0 Å². The fraction of sp³-hybridized carbons (Fsp3) is 1.00. The maximum Gasteiger partial charge on any atom is 0.394 e. The van der Waals surface area contributed by atoms with Crippen molar-refractivity contribution in [3.8, 4) is 0 Å². The molecule has 0 amide bonds. The molecule has 0 radical (unpaired) electrons. The van der Waals surface area contributed by atoms with E-state index in [9.17, 15) is 5.11 Å². The van der Waals surface area contributed by atoms with Gasteiger partial charge in [-0.15, -0.1) is 0 Å². The first-order valence-corrected chi connectivity index (χ1v) is 5.79. The molecule has 1 aliphatic rings. The highest BCUT2D eigenvalue weighted by Gasteiger charge is 2.45. The molecule has 104 valence electrons. The fourth-order valence-corrected chi connectivity index (χ4v) is 1.32. The van der Waals surface area contributed by atoms with Crippen LogP contribution in [-0.4, -0.2) is 74.4 Å². The molecule has 0 saturated heterocycles. The van der Waals surface area contributed by atoms with E-state index >= 15 is 0 Å².